The quantitative estimate of drug-likeness (QED) is 0.619. The SMILES string of the molecule is Cc1cc(C(=O)COC(=O)c2ccccc2O)c(C)n1C1CCS(=O)(=O)C1. The first-order valence-corrected chi connectivity index (χ1v) is 10.4. The van der Waals surface area contributed by atoms with Crippen molar-refractivity contribution in [3.05, 3.63) is 52.8 Å². The van der Waals surface area contributed by atoms with Crippen molar-refractivity contribution in [1.82, 2.24) is 4.57 Å². The van der Waals surface area contributed by atoms with Crippen molar-refractivity contribution in [3.8, 4) is 5.75 Å². The first-order valence-electron chi connectivity index (χ1n) is 8.57. The lowest BCUT2D eigenvalue weighted by Gasteiger charge is -2.16. The van der Waals surface area contributed by atoms with Gasteiger partial charge >= 0.3 is 5.97 Å². The smallest absolute Gasteiger partial charge is 0.342 e. The summed E-state index contributed by atoms with van der Waals surface area (Å²) in [7, 11) is -3.04. The number of aryl methyl sites for hydroxylation is 1. The summed E-state index contributed by atoms with van der Waals surface area (Å²) in [6.45, 7) is 3.12. The molecule has 2 aromatic rings. The fourth-order valence-electron chi connectivity index (χ4n) is 3.53. The summed E-state index contributed by atoms with van der Waals surface area (Å²) in [6, 6.07) is 7.45. The van der Waals surface area contributed by atoms with Gasteiger partial charge in [0.15, 0.2) is 16.4 Å². The van der Waals surface area contributed by atoms with E-state index in [1.807, 2.05) is 11.5 Å². The third kappa shape index (κ3) is 3.90. The van der Waals surface area contributed by atoms with Crippen molar-refractivity contribution in [3.63, 3.8) is 0 Å². The number of sulfone groups is 1. The number of ether oxygens (including phenoxy) is 1. The molecule has 0 saturated carbocycles. The van der Waals surface area contributed by atoms with Gasteiger partial charge in [-0.05, 0) is 38.5 Å². The Kier molecular flexibility index (Phi) is 5.10. The molecule has 0 radical (unpaired) electrons. The second-order valence-corrected chi connectivity index (χ2v) is 8.96. The number of phenols is 1. The second-order valence-electron chi connectivity index (χ2n) is 6.73. The molecule has 1 aliphatic heterocycles. The van der Waals surface area contributed by atoms with E-state index < -0.39 is 22.4 Å². The Morgan fingerprint density at radius 1 is 1.22 bits per heavy atom. The summed E-state index contributed by atoms with van der Waals surface area (Å²) >= 11 is 0. The summed E-state index contributed by atoms with van der Waals surface area (Å²) in [6.07, 6.45) is 0.522. The average molecular weight is 391 g/mol. The number of carbonyl (C=O) groups excluding carboxylic acids is 2. The van der Waals surface area contributed by atoms with Gasteiger partial charge in [0.2, 0.25) is 5.78 Å². The average Bonchev–Trinajstić information content (AvgIpc) is 3.11. The molecule has 7 nitrogen and oxygen atoms in total. The molecular weight excluding hydrogens is 370 g/mol. The Balaban J connectivity index is 1.73. The number of Topliss-reactive ketones (excluding diaryl/α,β-unsaturated/α-hetero) is 1. The highest BCUT2D eigenvalue weighted by molar-refractivity contribution is 7.91. The van der Waals surface area contributed by atoms with Crippen LogP contribution in [0.4, 0.5) is 0 Å². The van der Waals surface area contributed by atoms with Crippen LogP contribution in [-0.2, 0) is 14.6 Å². The summed E-state index contributed by atoms with van der Waals surface area (Å²) in [5, 5.41) is 9.67. The Labute approximate surface area is 157 Å². The molecule has 0 bridgehead atoms. The van der Waals surface area contributed by atoms with Crippen LogP contribution in [0.2, 0.25) is 0 Å². The van der Waals surface area contributed by atoms with Crippen LogP contribution in [0.1, 0.15) is 44.6 Å². The van der Waals surface area contributed by atoms with E-state index in [1.54, 1.807) is 25.1 Å². The maximum Gasteiger partial charge on any atom is 0.342 e. The van der Waals surface area contributed by atoms with Gasteiger partial charge in [-0.3, -0.25) is 4.79 Å². The molecule has 1 N–H and O–H groups in total. The fraction of sp³-hybridized carbons (Fsp3) is 0.368. The van der Waals surface area contributed by atoms with Gasteiger partial charge in [0.25, 0.3) is 0 Å². The fourth-order valence-corrected chi connectivity index (χ4v) is 5.23. The van der Waals surface area contributed by atoms with Gasteiger partial charge in [-0.25, -0.2) is 13.2 Å². The van der Waals surface area contributed by atoms with Crippen LogP contribution in [0, 0.1) is 13.8 Å². The van der Waals surface area contributed by atoms with Gasteiger partial charge in [-0.1, -0.05) is 12.1 Å². The predicted octanol–water partition coefficient (Wildman–Crippen LogP) is 2.21. The van der Waals surface area contributed by atoms with Crippen molar-refractivity contribution in [2.75, 3.05) is 18.1 Å². The highest BCUT2D eigenvalue weighted by Crippen LogP contribution is 2.29. The Morgan fingerprint density at radius 3 is 2.56 bits per heavy atom. The Morgan fingerprint density at radius 2 is 1.93 bits per heavy atom. The molecule has 1 aliphatic rings. The van der Waals surface area contributed by atoms with Crippen molar-refractivity contribution in [2.45, 2.75) is 26.3 Å². The number of para-hydroxylation sites is 1. The van der Waals surface area contributed by atoms with E-state index in [2.05, 4.69) is 0 Å². The number of nitrogens with zero attached hydrogens (tertiary/aromatic N) is 1. The number of ketones is 1. The molecule has 3 rings (SSSR count). The van der Waals surface area contributed by atoms with Crippen LogP contribution in [0.15, 0.2) is 30.3 Å². The topological polar surface area (TPSA) is 103 Å². The molecular formula is C19H21NO6S. The zero-order chi connectivity index (χ0) is 19.8. The van der Waals surface area contributed by atoms with E-state index >= 15 is 0 Å². The normalized spacial score (nSPS) is 18.4. The van der Waals surface area contributed by atoms with E-state index in [9.17, 15) is 23.1 Å². The standard InChI is InChI=1S/C19H21NO6S/c1-12-9-16(13(2)20(12)14-7-8-27(24,25)11-14)18(22)10-26-19(23)15-5-3-4-6-17(15)21/h3-6,9,14,21H,7-8,10-11H2,1-2H3. The minimum absolute atomic E-state index is 0.00747. The molecule has 1 fully saturated rings. The molecule has 0 amide bonds. The molecule has 8 heteroatoms. The first kappa shape index (κ1) is 19.2. The van der Waals surface area contributed by atoms with E-state index in [-0.39, 0.29) is 34.6 Å². The van der Waals surface area contributed by atoms with Crippen LogP contribution in [0.25, 0.3) is 0 Å². The molecule has 1 unspecified atom stereocenters. The Hall–Kier alpha value is -2.61. The third-order valence-electron chi connectivity index (χ3n) is 4.82. The predicted molar refractivity (Wildman–Crippen MR) is 98.9 cm³/mol. The van der Waals surface area contributed by atoms with E-state index in [0.29, 0.717) is 17.7 Å². The third-order valence-corrected chi connectivity index (χ3v) is 6.57. The zero-order valence-electron chi connectivity index (χ0n) is 15.1. The van der Waals surface area contributed by atoms with Crippen LogP contribution in [0.3, 0.4) is 0 Å². The zero-order valence-corrected chi connectivity index (χ0v) is 16.0. The van der Waals surface area contributed by atoms with E-state index in [1.165, 1.54) is 12.1 Å². The lowest BCUT2D eigenvalue weighted by Crippen LogP contribution is -2.17. The summed E-state index contributed by atoms with van der Waals surface area (Å²) in [5.74, 6) is -1.15. The molecule has 0 spiro atoms. The minimum Gasteiger partial charge on any atom is -0.507 e. The highest BCUT2D eigenvalue weighted by atomic mass is 32.2. The molecule has 1 aromatic carbocycles. The van der Waals surface area contributed by atoms with Gasteiger partial charge in [-0.2, -0.15) is 0 Å². The number of phenolic OH excluding ortho intramolecular Hbond substituents is 1. The van der Waals surface area contributed by atoms with Crippen molar-refractivity contribution >= 4 is 21.6 Å². The van der Waals surface area contributed by atoms with Crippen LogP contribution >= 0.6 is 0 Å². The molecule has 0 aliphatic carbocycles. The van der Waals surface area contributed by atoms with E-state index in [0.717, 1.165) is 5.69 Å². The summed E-state index contributed by atoms with van der Waals surface area (Å²) in [5.41, 5.74) is 1.86. The molecule has 1 aromatic heterocycles. The Bertz CT molecular complexity index is 1010. The molecule has 2 heterocycles. The largest absolute Gasteiger partial charge is 0.507 e. The monoisotopic (exact) mass is 391 g/mol. The summed E-state index contributed by atoms with van der Waals surface area (Å²) < 4.78 is 30.4. The van der Waals surface area contributed by atoms with E-state index in [4.69, 9.17) is 4.74 Å². The molecule has 1 atom stereocenters. The van der Waals surface area contributed by atoms with Gasteiger partial charge in [-0.15, -0.1) is 0 Å². The molecule has 1 saturated heterocycles. The number of aromatic hydroxyl groups is 1. The number of benzene rings is 1. The number of hydrogen-bond donors (Lipinski definition) is 1. The number of esters is 1. The lowest BCUT2D eigenvalue weighted by molar-refractivity contribution is 0.0471. The van der Waals surface area contributed by atoms with Crippen LogP contribution < -0.4 is 0 Å². The van der Waals surface area contributed by atoms with Crippen LogP contribution in [0.5, 0.6) is 5.75 Å². The number of hydrogen-bond acceptors (Lipinski definition) is 6. The minimum atomic E-state index is -3.04. The van der Waals surface area contributed by atoms with Gasteiger partial charge in [0, 0.05) is 23.0 Å². The van der Waals surface area contributed by atoms with Crippen molar-refractivity contribution < 1.29 is 27.9 Å². The summed E-state index contributed by atoms with van der Waals surface area (Å²) in [4.78, 5) is 24.6. The van der Waals surface area contributed by atoms with Gasteiger partial charge in [0.05, 0.1) is 11.5 Å². The van der Waals surface area contributed by atoms with Crippen molar-refractivity contribution in [2.24, 2.45) is 0 Å². The van der Waals surface area contributed by atoms with Crippen LogP contribution in [-0.4, -0.2) is 48.0 Å². The highest BCUT2D eigenvalue weighted by Gasteiger charge is 2.31. The lowest BCUT2D eigenvalue weighted by atomic mass is 10.1. The maximum absolute atomic E-state index is 12.5. The second kappa shape index (κ2) is 7.19. The maximum atomic E-state index is 12.5. The van der Waals surface area contributed by atoms with Crippen molar-refractivity contribution in [1.29, 1.82) is 0 Å². The van der Waals surface area contributed by atoms with Gasteiger partial charge < -0.3 is 14.4 Å². The van der Waals surface area contributed by atoms with Gasteiger partial charge in [0.1, 0.15) is 11.3 Å². The molecule has 144 valence electrons. The number of rotatable bonds is 5. The first-order chi connectivity index (χ1) is 12.7. The number of carbonyl (C=O) groups is 2. The number of aromatic nitrogens is 1. The molecule has 27 heavy (non-hydrogen) atoms.